The Labute approximate surface area is 127 Å². The molecule has 4 heteroatoms. The van der Waals surface area contributed by atoms with E-state index in [2.05, 4.69) is 41.1 Å². The molecule has 1 heterocycles. The van der Waals surface area contributed by atoms with Gasteiger partial charge in [-0.25, -0.2) is 0 Å². The van der Waals surface area contributed by atoms with Crippen molar-refractivity contribution in [1.29, 1.82) is 0 Å². The summed E-state index contributed by atoms with van der Waals surface area (Å²) in [6.45, 7) is 10.2. The highest BCUT2D eigenvalue weighted by atomic mass is 35.5. The molecule has 112 valence electrons. The van der Waals surface area contributed by atoms with Crippen molar-refractivity contribution < 1.29 is 0 Å². The molecule has 3 nitrogen and oxygen atoms in total. The lowest BCUT2D eigenvalue weighted by Gasteiger charge is -2.41. The minimum Gasteiger partial charge on any atom is -0.369 e. The van der Waals surface area contributed by atoms with Crippen molar-refractivity contribution in [3.05, 3.63) is 29.3 Å². The van der Waals surface area contributed by atoms with Crippen molar-refractivity contribution in [1.82, 2.24) is 10.2 Å². The number of nitrogens with zero attached hydrogens (tertiary/aromatic N) is 2. The highest BCUT2D eigenvalue weighted by Gasteiger charge is 2.24. The third-order valence-corrected chi connectivity index (χ3v) is 4.65. The second-order valence-corrected chi connectivity index (χ2v) is 6.21. The number of benzene rings is 1. The van der Waals surface area contributed by atoms with E-state index < -0.39 is 0 Å². The Morgan fingerprint density at radius 1 is 1.20 bits per heavy atom. The molecule has 0 bridgehead atoms. The number of rotatable bonds is 5. The summed E-state index contributed by atoms with van der Waals surface area (Å²) in [4.78, 5) is 5.03. The Bertz CT molecular complexity index is 416. The van der Waals surface area contributed by atoms with E-state index in [0.29, 0.717) is 12.0 Å². The van der Waals surface area contributed by atoms with Gasteiger partial charge >= 0.3 is 0 Å². The molecule has 0 amide bonds. The second kappa shape index (κ2) is 7.30. The van der Waals surface area contributed by atoms with Crippen LogP contribution in [0.4, 0.5) is 5.69 Å². The molecule has 2 unspecified atom stereocenters. The van der Waals surface area contributed by atoms with Crippen LogP contribution in [-0.2, 0) is 0 Å². The minimum atomic E-state index is 0.629. The molecular formula is C16H26ClN3. The van der Waals surface area contributed by atoms with Crippen molar-refractivity contribution in [2.45, 2.75) is 19.9 Å². The Hall–Kier alpha value is -0.770. The molecule has 0 aromatic heterocycles. The number of hydrogen-bond acceptors (Lipinski definition) is 3. The van der Waals surface area contributed by atoms with Crippen LogP contribution >= 0.6 is 11.6 Å². The SMILES string of the molecule is CNCC(C)C(C)N1CCN(c2cccc(Cl)c2)CC1. The van der Waals surface area contributed by atoms with Crippen LogP contribution in [-0.4, -0.2) is 50.7 Å². The van der Waals surface area contributed by atoms with Crippen LogP contribution in [0.3, 0.4) is 0 Å². The van der Waals surface area contributed by atoms with Gasteiger partial charge in [-0.05, 0) is 44.6 Å². The van der Waals surface area contributed by atoms with Gasteiger partial charge in [0.25, 0.3) is 0 Å². The van der Waals surface area contributed by atoms with Crippen molar-refractivity contribution in [2.75, 3.05) is 44.7 Å². The summed E-state index contributed by atoms with van der Waals surface area (Å²) in [6, 6.07) is 8.80. The third kappa shape index (κ3) is 3.87. The molecule has 0 radical (unpaired) electrons. The fraction of sp³-hybridized carbons (Fsp3) is 0.625. The van der Waals surface area contributed by atoms with E-state index in [-0.39, 0.29) is 0 Å². The van der Waals surface area contributed by atoms with Crippen molar-refractivity contribution in [3.8, 4) is 0 Å². The van der Waals surface area contributed by atoms with E-state index in [1.54, 1.807) is 0 Å². The fourth-order valence-corrected chi connectivity index (χ4v) is 3.10. The molecule has 1 aromatic carbocycles. The number of piperazine rings is 1. The molecule has 1 saturated heterocycles. The summed E-state index contributed by atoms with van der Waals surface area (Å²) >= 11 is 6.08. The Morgan fingerprint density at radius 3 is 2.50 bits per heavy atom. The predicted octanol–water partition coefficient (Wildman–Crippen LogP) is 2.71. The monoisotopic (exact) mass is 295 g/mol. The van der Waals surface area contributed by atoms with Gasteiger partial charge in [0, 0.05) is 42.9 Å². The summed E-state index contributed by atoms with van der Waals surface area (Å²) in [5, 5.41) is 4.10. The van der Waals surface area contributed by atoms with Crippen LogP contribution in [0.25, 0.3) is 0 Å². The van der Waals surface area contributed by atoms with Crippen LogP contribution in [0.1, 0.15) is 13.8 Å². The van der Waals surface area contributed by atoms with Crippen LogP contribution in [0, 0.1) is 5.92 Å². The van der Waals surface area contributed by atoms with Crippen molar-refractivity contribution >= 4 is 17.3 Å². The van der Waals surface area contributed by atoms with E-state index in [9.17, 15) is 0 Å². The van der Waals surface area contributed by atoms with E-state index in [0.717, 1.165) is 37.7 Å². The predicted molar refractivity (Wildman–Crippen MR) is 87.8 cm³/mol. The van der Waals surface area contributed by atoms with E-state index in [1.807, 2.05) is 19.2 Å². The second-order valence-electron chi connectivity index (χ2n) is 5.78. The van der Waals surface area contributed by atoms with Gasteiger partial charge in [-0.2, -0.15) is 0 Å². The smallest absolute Gasteiger partial charge is 0.0426 e. The quantitative estimate of drug-likeness (QED) is 0.901. The van der Waals surface area contributed by atoms with Gasteiger partial charge in [-0.3, -0.25) is 4.90 Å². The molecule has 0 spiro atoms. The molecule has 0 saturated carbocycles. The molecule has 1 N–H and O–H groups in total. The molecule has 20 heavy (non-hydrogen) atoms. The number of anilines is 1. The first kappa shape index (κ1) is 15.6. The Balaban J connectivity index is 1.89. The maximum atomic E-state index is 6.08. The lowest BCUT2D eigenvalue weighted by Crippen LogP contribution is -2.52. The maximum absolute atomic E-state index is 6.08. The zero-order valence-electron chi connectivity index (χ0n) is 12.8. The topological polar surface area (TPSA) is 18.5 Å². The zero-order valence-corrected chi connectivity index (χ0v) is 13.5. The summed E-state index contributed by atoms with van der Waals surface area (Å²) in [6.07, 6.45) is 0. The van der Waals surface area contributed by atoms with Crippen LogP contribution in [0.5, 0.6) is 0 Å². The summed E-state index contributed by atoms with van der Waals surface area (Å²) in [7, 11) is 2.03. The standard InChI is InChI=1S/C16H26ClN3/c1-13(12-18-3)14(2)19-7-9-20(10-8-19)16-6-4-5-15(17)11-16/h4-6,11,13-14,18H,7-10,12H2,1-3H3. The molecule has 0 aliphatic carbocycles. The molecule has 1 fully saturated rings. The van der Waals surface area contributed by atoms with Gasteiger partial charge in [0.2, 0.25) is 0 Å². The average molecular weight is 296 g/mol. The molecule has 1 aliphatic rings. The average Bonchev–Trinajstić information content (AvgIpc) is 2.47. The Morgan fingerprint density at radius 2 is 1.90 bits per heavy atom. The van der Waals surface area contributed by atoms with Crippen LogP contribution < -0.4 is 10.2 Å². The fourth-order valence-electron chi connectivity index (χ4n) is 2.91. The first-order chi connectivity index (χ1) is 9.61. The number of hydrogen-bond donors (Lipinski definition) is 1. The molecule has 1 aliphatic heterocycles. The van der Waals surface area contributed by atoms with Crippen LogP contribution in [0.15, 0.2) is 24.3 Å². The molecule has 2 rings (SSSR count). The first-order valence-electron chi connectivity index (χ1n) is 7.51. The molecular weight excluding hydrogens is 270 g/mol. The van der Waals surface area contributed by atoms with Gasteiger partial charge in [-0.1, -0.05) is 24.6 Å². The van der Waals surface area contributed by atoms with E-state index in [4.69, 9.17) is 11.6 Å². The van der Waals surface area contributed by atoms with Gasteiger partial charge in [0.15, 0.2) is 0 Å². The summed E-state index contributed by atoms with van der Waals surface area (Å²) in [5.74, 6) is 0.678. The molecule has 1 aromatic rings. The van der Waals surface area contributed by atoms with Gasteiger partial charge in [0.1, 0.15) is 0 Å². The van der Waals surface area contributed by atoms with Crippen molar-refractivity contribution in [3.63, 3.8) is 0 Å². The first-order valence-corrected chi connectivity index (χ1v) is 7.88. The highest BCUT2D eigenvalue weighted by molar-refractivity contribution is 6.30. The van der Waals surface area contributed by atoms with Gasteiger partial charge in [0.05, 0.1) is 0 Å². The summed E-state index contributed by atoms with van der Waals surface area (Å²) < 4.78 is 0. The summed E-state index contributed by atoms with van der Waals surface area (Å²) in [5.41, 5.74) is 1.24. The van der Waals surface area contributed by atoms with Crippen molar-refractivity contribution in [2.24, 2.45) is 5.92 Å². The normalized spacial score (nSPS) is 19.9. The van der Waals surface area contributed by atoms with Gasteiger partial charge < -0.3 is 10.2 Å². The number of halogens is 1. The van der Waals surface area contributed by atoms with E-state index >= 15 is 0 Å². The largest absolute Gasteiger partial charge is 0.369 e. The zero-order chi connectivity index (χ0) is 14.5. The Kier molecular flexibility index (Phi) is 5.70. The van der Waals surface area contributed by atoms with Gasteiger partial charge in [-0.15, -0.1) is 0 Å². The lowest BCUT2D eigenvalue weighted by molar-refractivity contribution is 0.152. The van der Waals surface area contributed by atoms with E-state index in [1.165, 1.54) is 5.69 Å². The third-order valence-electron chi connectivity index (χ3n) is 4.41. The maximum Gasteiger partial charge on any atom is 0.0426 e. The van der Waals surface area contributed by atoms with Crippen LogP contribution in [0.2, 0.25) is 5.02 Å². The number of nitrogens with one attached hydrogen (secondary N) is 1. The lowest BCUT2D eigenvalue weighted by atomic mass is 10.0. The highest BCUT2D eigenvalue weighted by Crippen LogP contribution is 2.22. The minimum absolute atomic E-state index is 0.629. The molecule has 2 atom stereocenters.